The first-order valence-electron chi connectivity index (χ1n) is 21.8. The van der Waals surface area contributed by atoms with E-state index in [0.717, 1.165) is 38.6 Å². The molecule has 0 radical (unpaired) electrons. The van der Waals surface area contributed by atoms with Gasteiger partial charge in [0.1, 0.15) is 0 Å². The van der Waals surface area contributed by atoms with Crippen LogP contribution in [-0.4, -0.2) is 9.13 Å². The molecule has 8 aromatic carbocycles. The summed E-state index contributed by atoms with van der Waals surface area (Å²) in [6, 6.07) is 35.4. The fraction of sp³-hybridized carbons (Fsp3) is 0. The van der Waals surface area contributed by atoms with E-state index in [2.05, 4.69) is 41.0 Å². The SMILES string of the molecule is [2H]c1c([2H])c([2H])c(-c2c([2H])c([2H])c([2H])c3c2c2c([2H])c(-c4ccc5c(c4)c4ccccc4n5-c4ccc(-c5ccccc5)cc4)c([2H])c([2H])c2n3-c2ccccc2)c([2H])c1[2H]. The molecule has 0 aliphatic rings. The second kappa shape index (κ2) is 11.5. The summed E-state index contributed by atoms with van der Waals surface area (Å²) in [7, 11) is 0. The molecular weight excluding hydrogens is 605 g/mol. The Morgan fingerprint density at radius 1 is 0.360 bits per heavy atom. The number of aromatic nitrogens is 2. The van der Waals surface area contributed by atoms with Crippen molar-refractivity contribution in [1.29, 1.82) is 0 Å². The van der Waals surface area contributed by atoms with Crippen molar-refractivity contribution in [3.8, 4) is 44.8 Å². The number of para-hydroxylation sites is 2. The van der Waals surface area contributed by atoms with Gasteiger partial charge in [0.15, 0.2) is 0 Å². The minimum atomic E-state index is -0.641. The van der Waals surface area contributed by atoms with Gasteiger partial charge in [0.05, 0.1) is 37.1 Å². The second-order valence-corrected chi connectivity index (χ2v) is 12.1. The molecule has 0 atom stereocenters. The van der Waals surface area contributed by atoms with Crippen LogP contribution in [0.1, 0.15) is 15.1 Å². The van der Waals surface area contributed by atoms with Crippen LogP contribution in [0.5, 0.6) is 0 Å². The van der Waals surface area contributed by atoms with Gasteiger partial charge < -0.3 is 9.13 Å². The van der Waals surface area contributed by atoms with Crippen LogP contribution in [0.2, 0.25) is 0 Å². The monoisotopic (exact) mass is 647 g/mol. The lowest BCUT2D eigenvalue weighted by atomic mass is 9.97. The van der Waals surface area contributed by atoms with Crippen molar-refractivity contribution in [1.82, 2.24) is 9.13 Å². The number of benzene rings is 8. The fourth-order valence-electron chi connectivity index (χ4n) is 7.05. The van der Waals surface area contributed by atoms with Crippen LogP contribution in [-0.2, 0) is 0 Å². The van der Waals surface area contributed by atoms with Crippen LogP contribution in [0.3, 0.4) is 0 Å². The third-order valence-electron chi connectivity index (χ3n) is 9.30. The van der Waals surface area contributed by atoms with E-state index in [1.807, 2.05) is 60.7 Å². The van der Waals surface area contributed by atoms with Crippen LogP contribution >= 0.6 is 0 Å². The molecule has 0 saturated carbocycles. The lowest BCUT2D eigenvalue weighted by molar-refractivity contribution is 1.18. The maximum absolute atomic E-state index is 9.96. The summed E-state index contributed by atoms with van der Waals surface area (Å²) in [5, 5.41) is 1.85. The summed E-state index contributed by atoms with van der Waals surface area (Å²) in [6.07, 6.45) is 0. The Balaban J connectivity index is 1.30. The molecule has 0 aliphatic heterocycles. The normalized spacial score (nSPS) is 14.7. The summed E-state index contributed by atoms with van der Waals surface area (Å²) in [5.41, 5.74) is 5.48. The van der Waals surface area contributed by atoms with Crippen molar-refractivity contribution in [3.63, 3.8) is 0 Å². The van der Waals surface area contributed by atoms with Crippen molar-refractivity contribution in [2.24, 2.45) is 0 Å². The first-order chi connectivity index (χ1) is 29.4. The van der Waals surface area contributed by atoms with E-state index in [4.69, 9.17) is 8.22 Å². The van der Waals surface area contributed by atoms with E-state index in [1.54, 1.807) is 30.3 Å². The molecule has 234 valence electrons. The Hall–Kier alpha value is -6.64. The van der Waals surface area contributed by atoms with Crippen LogP contribution in [0.4, 0.5) is 0 Å². The lowest BCUT2D eigenvalue weighted by Gasteiger charge is -2.10. The minimum absolute atomic E-state index is 0.0133. The number of fused-ring (bicyclic) bond motifs is 6. The number of hydrogen-bond donors (Lipinski definition) is 0. The van der Waals surface area contributed by atoms with Crippen molar-refractivity contribution in [3.05, 3.63) is 194 Å². The molecule has 0 amide bonds. The Bertz CT molecular complexity index is 3440. The van der Waals surface area contributed by atoms with E-state index in [1.165, 1.54) is 4.57 Å². The second-order valence-electron chi connectivity index (χ2n) is 12.1. The zero-order chi connectivity index (χ0) is 42.6. The molecule has 0 saturated heterocycles. The van der Waals surface area contributed by atoms with Crippen LogP contribution in [0.15, 0.2) is 194 Å². The number of rotatable bonds is 5. The maximum atomic E-state index is 9.96. The van der Waals surface area contributed by atoms with Gasteiger partial charge in [0.25, 0.3) is 0 Å². The predicted octanol–water partition coefficient (Wildman–Crippen LogP) is 12.9. The molecule has 0 spiro atoms. The smallest absolute Gasteiger partial charge is 0.0645 e. The van der Waals surface area contributed by atoms with Crippen molar-refractivity contribution in [2.45, 2.75) is 0 Å². The van der Waals surface area contributed by atoms with E-state index in [9.17, 15) is 6.85 Å². The third-order valence-corrected chi connectivity index (χ3v) is 9.30. The molecule has 0 unspecified atom stereocenters. The molecule has 0 N–H and O–H groups in total. The van der Waals surface area contributed by atoms with Gasteiger partial charge in [0, 0.05) is 32.9 Å². The summed E-state index contributed by atoms with van der Waals surface area (Å²) in [5.74, 6) is 0. The Morgan fingerprint density at radius 3 is 1.84 bits per heavy atom. The Morgan fingerprint density at radius 2 is 1.02 bits per heavy atom. The van der Waals surface area contributed by atoms with Gasteiger partial charge in [-0.2, -0.15) is 0 Å². The molecule has 10 aromatic rings. The average molecular weight is 648 g/mol. The van der Waals surface area contributed by atoms with Crippen LogP contribution in [0.25, 0.3) is 88.4 Å². The highest BCUT2D eigenvalue weighted by Crippen LogP contribution is 2.41. The number of nitrogens with zero attached hydrogens (tertiary/aromatic N) is 2. The molecular formula is C48H32N2. The highest BCUT2D eigenvalue weighted by molar-refractivity contribution is 6.17. The molecule has 2 heteroatoms. The van der Waals surface area contributed by atoms with Crippen molar-refractivity contribution >= 4 is 43.6 Å². The summed E-state index contributed by atoms with van der Waals surface area (Å²) >= 11 is 0. The quantitative estimate of drug-likeness (QED) is 0.176. The van der Waals surface area contributed by atoms with E-state index in [0.29, 0.717) is 11.3 Å². The third kappa shape index (κ3) is 4.50. The molecule has 0 bridgehead atoms. The summed E-state index contributed by atoms with van der Waals surface area (Å²) in [4.78, 5) is 0. The zero-order valence-corrected chi connectivity index (χ0v) is 26.5. The summed E-state index contributed by atoms with van der Waals surface area (Å²) < 4.78 is 103. The number of hydrogen-bond acceptors (Lipinski definition) is 0. The molecule has 2 heterocycles. The minimum Gasteiger partial charge on any atom is -0.309 e. The van der Waals surface area contributed by atoms with Gasteiger partial charge in [-0.15, -0.1) is 0 Å². The van der Waals surface area contributed by atoms with Crippen molar-refractivity contribution < 1.29 is 15.1 Å². The summed E-state index contributed by atoms with van der Waals surface area (Å²) in [6.45, 7) is 0. The van der Waals surface area contributed by atoms with E-state index >= 15 is 0 Å². The molecule has 10 rings (SSSR count). The van der Waals surface area contributed by atoms with E-state index < -0.39 is 48.3 Å². The van der Waals surface area contributed by atoms with Gasteiger partial charge in [-0.1, -0.05) is 133 Å². The fourth-order valence-corrected chi connectivity index (χ4v) is 7.05. The topological polar surface area (TPSA) is 9.86 Å². The Labute approximate surface area is 306 Å². The maximum Gasteiger partial charge on any atom is 0.0645 e. The standard InChI is InChI=1S/C48H32N2/c1-4-13-33(14-5-1)34-23-27-39(28-24-34)49-44-21-11-10-19-41(44)42-31-36(25-29-45(42)49)37-26-30-46-43(32-37)48-40(35-15-6-2-7-16-35)20-12-22-47(48)50(46)38-17-8-3-9-18-38/h1-32H/i2D,6D,7D,12D,15D,16D,20D,22D,26D,30D,32D. The van der Waals surface area contributed by atoms with Gasteiger partial charge >= 0.3 is 0 Å². The van der Waals surface area contributed by atoms with Gasteiger partial charge in [-0.05, 0) is 94.0 Å². The average Bonchev–Trinajstić information content (AvgIpc) is 3.82. The van der Waals surface area contributed by atoms with Gasteiger partial charge in [-0.3, -0.25) is 0 Å². The van der Waals surface area contributed by atoms with E-state index in [-0.39, 0.29) is 56.6 Å². The largest absolute Gasteiger partial charge is 0.309 e. The molecule has 0 fully saturated rings. The molecule has 2 aromatic heterocycles. The zero-order valence-electron chi connectivity index (χ0n) is 37.5. The highest BCUT2D eigenvalue weighted by atomic mass is 15.0. The molecule has 0 aliphatic carbocycles. The first kappa shape index (κ1) is 19.4. The van der Waals surface area contributed by atoms with Gasteiger partial charge in [0.2, 0.25) is 0 Å². The van der Waals surface area contributed by atoms with Crippen LogP contribution in [0, 0.1) is 0 Å². The van der Waals surface area contributed by atoms with Crippen LogP contribution < -0.4 is 0 Å². The van der Waals surface area contributed by atoms with Crippen molar-refractivity contribution in [2.75, 3.05) is 0 Å². The highest BCUT2D eigenvalue weighted by Gasteiger charge is 2.18. The predicted molar refractivity (Wildman–Crippen MR) is 211 cm³/mol. The molecule has 2 nitrogen and oxygen atoms in total. The van der Waals surface area contributed by atoms with Gasteiger partial charge in [-0.25, -0.2) is 0 Å². The Kier molecular flexibility index (Phi) is 4.46. The molecule has 50 heavy (non-hydrogen) atoms. The first-order valence-corrected chi connectivity index (χ1v) is 16.3. The lowest BCUT2D eigenvalue weighted by Crippen LogP contribution is -1.94.